The van der Waals surface area contributed by atoms with Gasteiger partial charge in [-0.15, -0.1) is 0 Å². The molecule has 18 heavy (non-hydrogen) atoms. The number of nitrogens with one attached hydrogen (secondary N) is 1. The SMILES string of the molecule is CCCNC(=O)c1ccc(C)c(N2CCCC2)c1. The smallest absolute Gasteiger partial charge is 0.251 e. The van der Waals surface area contributed by atoms with Crippen molar-refractivity contribution in [1.82, 2.24) is 5.32 Å². The van der Waals surface area contributed by atoms with Crippen LogP contribution < -0.4 is 10.2 Å². The summed E-state index contributed by atoms with van der Waals surface area (Å²) in [5.41, 5.74) is 3.25. The highest BCUT2D eigenvalue weighted by Crippen LogP contribution is 2.25. The molecular formula is C15H22N2O. The average Bonchev–Trinajstić information content (AvgIpc) is 2.90. The molecule has 1 saturated heterocycles. The topological polar surface area (TPSA) is 32.3 Å². The highest BCUT2D eigenvalue weighted by atomic mass is 16.1. The second-order valence-corrected chi connectivity index (χ2v) is 4.95. The minimum absolute atomic E-state index is 0.0392. The summed E-state index contributed by atoms with van der Waals surface area (Å²) in [4.78, 5) is 14.3. The van der Waals surface area contributed by atoms with Crippen LogP contribution in [-0.4, -0.2) is 25.5 Å². The van der Waals surface area contributed by atoms with Crippen LogP contribution in [0, 0.1) is 6.92 Å². The Labute approximate surface area is 109 Å². The quantitative estimate of drug-likeness (QED) is 0.886. The highest BCUT2D eigenvalue weighted by molar-refractivity contribution is 5.95. The maximum atomic E-state index is 12.0. The van der Waals surface area contributed by atoms with Gasteiger partial charge in [0, 0.05) is 30.9 Å². The molecule has 1 amide bonds. The zero-order chi connectivity index (χ0) is 13.0. The normalized spacial score (nSPS) is 14.9. The minimum Gasteiger partial charge on any atom is -0.371 e. The van der Waals surface area contributed by atoms with E-state index in [0.29, 0.717) is 0 Å². The van der Waals surface area contributed by atoms with Crippen LogP contribution in [0.5, 0.6) is 0 Å². The maximum Gasteiger partial charge on any atom is 0.251 e. The number of amides is 1. The van der Waals surface area contributed by atoms with Gasteiger partial charge in [-0.3, -0.25) is 4.79 Å². The molecule has 3 nitrogen and oxygen atoms in total. The van der Waals surface area contributed by atoms with Crippen molar-refractivity contribution in [3.05, 3.63) is 29.3 Å². The Hall–Kier alpha value is -1.51. The van der Waals surface area contributed by atoms with Gasteiger partial charge in [0.25, 0.3) is 5.91 Å². The molecule has 2 rings (SSSR count). The monoisotopic (exact) mass is 246 g/mol. The van der Waals surface area contributed by atoms with Gasteiger partial charge in [-0.25, -0.2) is 0 Å². The van der Waals surface area contributed by atoms with Crippen LogP contribution in [0.1, 0.15) is 42.1 Å². The lowest BCUT2D eigenvalue weighted by molar-refractivity contribution is 0.0953. The van der Waals surface area contributed by atoms with Gasteiger partial charge in [-0.1, -0.05) is 13.0 Å². The van der Waals surface area contributed by atoms with Crippen molar-refractivity contribution >= 4 is 11.6 Å². The third-order valence-corrected chi connectivity index (χ3v) is 3.45. The molecule has 3 heteroatoms. The van der Waals surface area contributed by atoms with Crippen LogP contribution in [-0.2, 0) is 0 Å². The van der Waals surface area contributed by atoms with E-state index in [1.165, 1.54) is 24.1 Å². The van der Waals surface area contributed by atoms with E-state index in [4.69, 9.17) is 0 Å². The number of benzene rings is 1. The molecule has 0 aliphatic carbocycles. The molecule has 0 unspecified atom stereocenters. The van der Waals surface area contributed by atoms with Gasteiger partial charge in [0.2, 0.25) is 0 Å². The largest absolute Gasteiger partial charge is 0.371 e. The lowest BCUT2D eigenvalue weighted by Gasteiger charge is -2.20. The molecule has 0 atom stereocenters. The summed E-state index contributed by atoms with van der Waals surface area (Å²) in [5.74, 6) is 0.0392. The highest BCUT2D eigenvalue weighted by Gasteiger charge is 2.16. The maximum absolute atomic E-state index is 12.0. The number of aryl methyl sites for hydroxylation is 1. The van der Waals surface area contributed by atoms with Crippen molar-refractivity contribution < 1.29 is 4.79 Å². The van der Waals surface area contributed by atoms with Gasteiger partial charge in [-0.05, 0) is 43.9 Å². The van der Waals surface area contributed by atoms with Gasteiger partial charge >= 0.3 is 0 Å². The Morgan fingerprint density at radius 1 is 1.33 bits per heavy atom. The van der Waals surface area contributed by atoms with Gasteiger partial charge in [-0.2, -0.15) is 0 Å². The number of nitrogens with zero attached hydrogens (tertiary/aromatic N) is 1. The first-order chi connectivity index (χ1) is 8.72. The second kappa shape index (κ2) is 5.89. The van der Waals surface area contributed by atoms with Gasteiger partial charge in [0.15, 0.2) is 0 Å². The molecule has 0 aromatic heterocycles. The number of hydrogen-bond acceptors (Lipinski definition) is 2. The van der Waals surface area contributed by atoms with Crippen LogP contribution in [0.25, 0.3) is 0 Å². The van der Waals surface area contributed by atoms with Gasteiger partial charge in [0.05, 0.1) is 0 Å². The van der Waals surface area contributed by atoms with Crippen molar-refractivity contribution in [3.8, 4) is 0 Å². The molecule has 1 N–H and O–H groups in total. The van der Waals surface area contributed by atoms with Crippen LogP contribution in [0.2, 0.25) is 0 Å². The minimum atomic E-state index is 0.0392. The number of hydrogen-bond donors (Lipinski definition) is 1. The van der Waals surface area contributed by atoms with Crippen molar-refractivity contribution in [3.63, 3.8) is 0 Å². The van der Waals surface area contributed by atoms with Crippen molar-refractivity contribution in [1.29, 1.82) is 0 Å². The van der Waals surface area contributed by atoms with E-state index in [1.807, 2.05) is 12.1 Å². The predicted octanol–water partition coefficient (Wildman–Crippen LogP) is 2.74. The summed E-state index contributed by atoms with van der Waals surface area (Å²) in [6.45, 7) is 7.14. The number of carbonyl (C=O) groups excluding carboxylic acids is 1. The van der Waals surface area contributed by atoms with E-state index < -0.39 is 0 Å². The molecule has 1 aliphatic rings. The van der Waals surface area contributed by atoms with E-state index in [1.54, 1.807) is 0 Å². The molecule has 0 radical (unpaired) electrons. The van der Waals surface area contributed by atoms with E-state index in [2.05, 4.69) is 30.1 Å². The molecule has 1 aromatic carbocycles. The Balaban J connectivity index is 2.17. The zero-order valence-corrected chi connectivity index (χ0v) is 11.3. The molecular weight excluding hydrogens is 224 g/mol. The first kappa shape index (κ1) is 12.9. The summed E-state index contributed by atoms with van der Waals surface area (Å²) in [7, 11) is 0. The molecule has 1 aromatic rings. The average molecular weight is 246 g/mol. The van der Waals surface area contributed by atoms with Crippen LogP contribution in [0.15, 0.2) is 18.2 Å². The van der Waals surface area contributed by atoms with E-state index >= 15 is 0 Å². The summed E-state index contributed by atoms with van der Waals surface area (Å²) >= 11 is 0. The third-order valence-electron chi connectivity index (χ3n) is 3.45. The lowest BCUT2D eigenvalue weighted by Crippen LogP contribution is -2.25. The van der Waals surface area contributed by atoms with Crippen molar-refractivity contribution in [2.45, 2.75) is 33.1 Å². The van der Waals surface area contributed by atoms with Gasteiger partial charge in [0.1, 0.15) is 0 Å². The van der Waals surface area contributed by atoms with Gasteiger partial charge < -0.3 is 10.2 Å². The molecule has 0 spiro atoms. The molecule has 98 valence electrons. The van der Waals surface area contributed by atoms with Crippen LogP contribution in [0.3, 0.4) is 0 Å². The summed E-state index contributed by atoms with van der Waals surface area (Å²) in [6, 6.07) is 6.00. The fraction of sp³-hybridized carbons (Fsp3) is 0.533. The fourth-order valence-corrected chi connectivity index (χ4v) is 2.39. The molecule has 1 aliphatic heterocycles. The zero-order valence-electron chi connectivity index (χ0n) is 11.3. The summed E-state index contributed by atoms with van der Waals surface area (Å²) in [6.07, 6.45) is 3.48. The van der Waals surface area contributed by atoms with Crippen molar-refractivity contribution in [2.24, 2.45) is 0 Å². The number of anilines is 1. The Morgan fingerprint density at radius 3 is 2.72 bits per heavy atom. The standard InChI is InChI=1S/C15H22N2O/c1-3-8-16-15(18)13-7-6-12(2)14(11-13)17-9-4-5-10-17/h6-7,11H,3-5,8-10H2,1-2H3,(H,16,18). The third kappa shape index (κ3) is 2.84. The van der Waals surface area contributed by atoms with Crippen molar-refractivity contribution in [2.75, 3.05) is 24.5 Å². The Morgan fingerprint density at radius 2 is 2.06 bits per heavy atom. The first-order valence-corrected chi connectivity index (χ1v) is 6.86. The summed E-state index contributed by atoms with van der Waals surface area (Å²) < 4.78 is 0. The van der Waals surface area contributed by atoms with Crippen LogP contribution >= 0.6 is 0 Å². The first-order valence-electron chi connectivity index (χ1n) is 6.86. The van der Waals surface area contributed by atoms with E-state index in [-0.39, 0.29) is 5.91 Å². The molecule has 1 fully saturated rings. The molecule has 0 saturated carbocycles. The second-order valence-electron chi connectivity index (χ2n) is 4.95. The Bertz CT molecular complexity index is 423. The molecule has 1 heterocycles. The number of rotatable bonds is 4. The van der Waals surface area contributed by atoms with E-state index in [0.717, 1.165) is 31.6 Å². The van der Waals surface area contributed by atoms with E-state index in [9.17, 15) is 4.79 Å². The molecule has 0 bridgehead atoms. The fourth-order valence-electron chi connectivity index (χ4n) is 2.39. The number of carbonyl (C=O) groups is 1. The summed E-state index contributed by atoms with van der Waals surface area (Å²) in [5, 5.41) is 2.93. The predicted molar refractivity (Wildman–Crippen MR) is 75.3 cm³/mol. The Kier molecular flexibility index (Phi) is 4.24. The lowest BCUT2D eigenvalue weighted by atomic mass is 10.1. The van der Waals surface area contributed by atoms with Crippen LogP contribution in [0.4, 0.5) is 5.69 Å².